The van der Waals surface area contributed by atoms with Gasteiger partial charge in [-0.05, 0) is 49.3 Å². The van der Waals surface area contributed by atoms with Crippen LogP contribution in [-0.2, 0) is 11.8 Å². The van der Waals surface area contributed by atoms with Crippen molar-refractivity contribution in [1.82, 2.24) is 25.0 Å². The summed E-state index contributed by atoms with van der Waals surface area (Å²) in [6, 6.07) is 12.3. The molecule has 1 saturated heterocycles. The van der Waals surface area contributed by atoms with Crippen LogP contribution in [0.4, 0.5) is 0 Å². The summed E-state index contributed by atoms with van der Waals surface area (Å²) in [5.74, 6) is 1.03. The van der Waals surface area contributed by atoms with Crippen LogP contribution in [0.15, 0.2) is 58.8 Å². The maximum absolute atomic E-state index is 13.3. The zero-order valence-electron chi connectivity index (χ0n) is 17.1. The van der Waals surface area contributed by atoms with E-state index < -0.39 is 0 Å². The van der Waals surface area contributed by atoms with Gasteiger partial charge in [0.1, 0.15) is 17.3 Å². The van der Waals surface area contributed by atoms with E-state index in [9.17, 15) is 9.59 Å². The molecular weight excluding hydrogens is 414 g/mol. The quantitative estimate of drug-likeness (QED) is 0.472. The highest BCUT2D eigenvalue weighted by Crippen LogP contribution is 2.27. The number of carbonyl (C=O) groups is 2. The number of hydrogen-bond donors (Lipinski definition) is 2. The molecule has 2 N–H and O–H groups in total. The summed E-state index contributed by atoms with van der Waals surface area (Å²) in [6.07, 6.45) is 4.61. The summed E-state index contributed by atoms with van der Waals surface area (Å²) in [6.45, 7) is 1.11. The number of benzene rings is 1. The summed E-state index contributed by atoms with van der Waals surface area (Å²) in [7, 11) is 1.89. The smallest absolute Gasteiger partial charge is 0.270 e. The van der Waals surface area contributed by atoms with Crippen LogP contribution in [0.5, 0.6) is 0 Å². The first-order chi connectivity index (χ1) is 15.0. The van der Waals surface area contributed by atoms with Gasteiger partial charge in [0.2, 0.25) is 0 Å². The molecule has 0 unspecified atom stereocenters. The molecule has 0 atom stereocenters. The van der Waals surface area contributed by atoms with Crippen LogP contribution in [0, 0.1) is 4.77 Å². The second kappa shape index (κ2) is 9.13. The van der Waals surface area contributed by atoms with Crippen LogP contribution in [0.2, 0.25) is 0 Å². The van der Waals surface area contributed by atoms with Gasteiger partial charge in [-0.1, -0.05) is 18.2 Å². The molecule has 0 saturated carbocycles. The molecule has 2 aromatic heterocycles. The van der Waals surface area contributed by atoms with Crippen molar-refractivity contribution >= 4 is 30.1 Å². The molecule has 3 heterocycles. The van der Waals surface area contributed by atoms with E-state index in [4.69, 9.17) is 16.6 Å². The molecule has 4 rings (SSSR count). The molecule has 31 heavy (non-hydrogen) atoms. The van der Waals surface area contributed by atoms with Gasteiger partial charge in [0.15, 0.2) is 4.77 Å². The van der Waals surface area contributed by atoms with Crippen molar-refractivity contribution in [3.05, 3.63) is 76.3 Å². The minimum absolute atomic E-state index is 0.181. The average molecular weight is 438 g/mol. The normalized spacial score (nSPS) is 15.1. The number of aromatic nitrogens is 3. The van der Waals surface area contributed by atoms with Gasteiger partial charge in [-0.15, -0.1) is 0 Å². The summed E-state index contributed by atoms with van der Waals surface area (Å²) < 4.78 is 7.82. The van der Waals surface area contributed by atoms with E-state index in [1.165, 1.54) is 6.26 Å². The van der Waals surface area contributed by atoms with Gasteiger partial charge in [-0.25, -0.2) is 0 Å². The number of piperidine rings is 1. The first-order valence-corrected chi connectivity index (χ1v) is 10.5. The first-order valence-electron chi connectivity index (χ1n) is 10.0. The molecule has 160 valence electrons. The number of carbonyl (C=O) groups excluding carboxylic acids is 2. The Kier molecular flexibility index (Phi) is 6.13. The zero-order chi connectivity index (χ0) is 21.8. The van der Waals surface area contributed by atoms with Gasteiger partial charge < -0.3 is 19.2 Å². The van der Waals surface area contributed by atoms with Crippen LogP contribution in [0.25, 0.3) is 6.08 Å². The fourth-order valence-corrected chi connectivity index (χ4v) is 3.83. The largest absolute Gasteiger partial charge is 0.465 e. The Morgan fingerprint density at radius 1 is 1.19 bits per heavy atom. The van der Waals surface area contributed by atoms with Crippen LogP contribution in [0.1, 0.15) is 40.7 Å². The lowest BCUT2D eigenvalue weighted by atomic mass is 9.95. The first kappa shape index (κ1) is 20.8. The minimum Gasteiger partial charge on any atom is -0.465 e. The number of likely N-dealkylation sites (tertiary alicyclic amines) is 1. The highest BCUT2D eigenvalue weighted by Gasteiger charge is 2.29. The number of hydrogen-bond acceptors (Lipinski definition) is 5. The summed E-state index contributed by atoms with van der Waals surface area (Å²) in [5.41, 5.74) is 0.658. The lowest BCUT2D eigenvalue weighted by Crippen LogP contribution is -2.42. The Labute approximate surface area is 184 Å². The zero-order valence-corrected chi connectivity index (χ0v) is 17.9. The highest BCUT2D eigenvalue weighted by molar-refractivity contribution is 7.71. The number of nitrogens with zero attached hydrogens (tertiary/aromatic N) is 3. The number of aromatic amines is 1. The predicted molar refractivity (Wildman–Crippen MR) is 118 cm³/mol. The van der Waals surface area contributed by atoms with Gasteiger partial charge in [0.25, 0.3) is 11.8 Å². The van der Waals surface area contributed by atoms with E-state index in [2.05, 4.69) is 15.5 Å². The Bertz CT molecular complexity index is 1140. The van der Waals surface area contributed by atoms with E-state index in [-0.39, 0.29) is 23.4 Å². The fourth-order valence-electron chi connectivity index (χ4n) is 3.69. The predicted octanol–water partition coefficient (Wildman–Crippen LogP) is 3.25. The Hall–Kier alpha value is -3.46. The lowest BCUT2D eigenvalue weighted by Gasteiger charge is -2.32. The molecule has 0 bridgehead atoms. The second-order valence-corrected chi connectivity index (χ2v) is 7.79. The van der Waals surface area contributed by atoms with E-state index >= 15 is 0 Å². The van der Waals surface area contributed by atoms with E-state index in [1.807, 2.05) is 17.7 Å². The molecule has 0 aliphatic carbocycles. The number of nitrogens with one attached hydrogen (secondary N) is 2. The van der Waals surface area contributed by atoms with Gasteiger partial charge in [-0.2, -0.15) is 5.10 Å². The van der Waals surface area contributed by atoms with Crippen molar-refractivity contribution in [3.8, 4) is 0 Å². The Balaban J connectivity index is 1.49. The summed E-state index contributed by atoms with van der Waals surface area (Å²) in [5, 5.41) is 9.90. The molecule has 3 aromatic rings. The van der Waals surface area contributed by atoms with E-state index in [1.54, 1.807) is 47.4 Å². The number of H-pyrrole nitrogens is 1. The SMILES string of the molecule is Cn1c(C2CCN(C(=O)C(=Cc3ccco3)NC(=O)c3ccccc3)CC2)n[nH]c1=S. The summed E-state index contributed by atoms with van der Waals surface area (Å²) >= 11 is 5.20. The molecular formula is C22H23N5O3S. The average Bonchev–Trinajstić information content (AvgIpc) is 3.43. The molecule has 1 fully saturated rings. The molecule has 1 aliphatic heterocycles. The third-order valence-electron chi connectivity index (χ3n) is 5.41. The number of rotatable bonds is 5. The third-order valence-corrected chi connectivity index (χ3v) is 5.77. The molecule has 0 spiro atoms. The molecule has 1 aliphatic rings. The standard InChI is InChI=1S/C22H23N5O3S/c1-26-19(24-25-22(26)31)15-9-11-27(12-10-15)21(29)18(14-17-8-5-13-30-17)23-20(28)16-6-3-2-4-7-16/h2-8,13-15H,9-12H2,1H3,(H,23,28)(H,25,31). The van der Waals surface area contributed by atoms with Crippen molar-refractivity contribution in [3.63, 3.8) is 0 Å². The Morgan fingerprint density at radius 2 is 1.94 bits per heavy atom. The summed E-state index contributed by atoms with van der Waals surface area (Å²) in [4.78, 5) is 27.7. The van der Waals surface area contributed by atoms with Crippen molar-refractivity contribution in [2.75, 3.05) is 13.1 Å². The van der Waals surface area contributed by atoms with Crippen molar-refractivity contribution in [2.45, 2.75) is 18.8 Å². The van der Waals surface area contributed by atoms with Crippen molar-refractivity contribution < 1.29 is 14.0 Å². The van der Waals surface area contributed by atoms with Crippen molar-refractivity contribution in [2.24, 2.45) is 7.05 Å². The molecule has 0 radical (unpaired) electrons. The minimum atomic E-state index is -0.344. The van der Waals surface area contributed by atoms with Gasteiger partial charge in [0.05, 0.1) is 6.26 Å². The third kappa shape index (κ3) is 4.66. The highest BCUT2D eigenvalue weighted by atomic mass is 32.1. The van der Waals surface area contributed by atoms with Crippen LogP contribution in [-0.4, -0.2) is 44.6 Å². The van der Waals surface area contributed by atoms with E-state index in [0.29, 0.717) is 29.2 Å². The molecule has 9 heteroatoms. The fraction of sp³-hybridized carbons (Fsp3) is 0.273. The molecule has 1 aromatic carbocycles. The van der Waals surface area contributed by atoms with Gasteiger partial charge >= 0.3 is 0 Å². The molecule has 2 amide bonds. The van der Waals surface area contributed by atoms with Crippen LogP contribution >= 0.6 is 12.2 Å². The topological polar surface area (TPSA) is 96.2 Å². The number of amides is 2. The van der Waals surface area contributed by atoms with Crippen LogP contribution < -0.4 is 5.32 Å². The van der Waals surface area contributed by atoms with Gasteiger partial charge in [0, 0.05) is 37.7 Å². The number of furan rings is 1. The monoisotopic (exact) mass is 437 g/mol. The maximum Gasteiger partial charge on any atom is 0.270 e. The maximum atomic E-state index is 13.3. The van der Waals surface area contributed by atoms with Gasteiger partial charge in [-0.3, -0.25) is 14.7 Å². The van der Waals surface area contributed by atoms with E-state index in [0.717, 1.165) is 18.7 Å². The Morgan fingerprint density at radius 3 is 2.55 bits per heavy atom. The molecule has 8 nitrogen and oxygen atoms in total. The van der Waals surface area contributed by atoms with Crippen molar-refractivity contribution in [1.29, 1.82) is 0 Å². The second-order valence-electron chi connectivity index (χ2n) is 7.41. The lowest BCUT2D eigenvalue weighted by molar-refractivity contribution is -0.128. The van der Waals surface area contributed by atoms with Crippen LogP contribution in [0.3, 0.4) is 0 Å².